The number of piperidine rings is 1. The number of hydrogen-bond donors (Lipinski definition) is 3. The Balaban J connectivity index is 1.93. The maximum atomic E-state index is 11.4. The Hall–Kier alpha value is -2.02. The van der Waals surface area contributed by atoms with E-state index in [1.165, 1.54) is 0 Å². The van der Waals surface area contributed by atoms with Crippen LogP contribution >= 0.6 is 0 Å². The summed E-state index contributed by atoms with van der Waals surface area (Å²) in [5, 5.41) is 17.1. The molecule has 1 aliphatic heterocycles. The molecule has 1 unspecified atom stereocenters. The highest BCUT2D eigenvalue weighted by molar-refractivity contribution is 5.80. The van der Waals surface area contributed by atoms with Gasteiger partial charge in [0.1, 0.15) is 11.4 Å². The minimum atomic E-state index is -1.15. The summed E-state index contributed by atoms with van der Waals surface area (Å²) < 4.78 is 5.28. The number of rotatable bonds is 5. The normalized spacial score (nSPS) is 19.0. The number of furan rings is 1. The van der Waals surface area contributed by atoms with Crippen LogP contribution in [0.15, 0.2) is 27.8 Å². The molecule has 1 aromatic heterocycles. The van der Waals surface area contributed by atoms with Crippen LogP contribution < -0.4 is 10.6 Å². The Bertz CT molecular complexity index is 546. The van der Waals surface area contributed by atoms with Crippen molar-refractivity contribution in [3.05, 3.63) is 24.2 Å². The van der Waals surface area contributed by atoms with E-state index >= 15 is 0 Å². The van der Waals surface area contributed by atoms with Gasteiger partial charge in [-0.3, -0.25) is 4.79 Å². The molecule has 2 heterocycles. The Morgan fingerprint density at radius 2 is 2.21 bits per heavy atom. The third-order valence-corrected chi connectivity index (χ3v) is 4.22. The molecule has 7 heteroatoms. The molecule has 1 fully saturated rings. The third-order valence-electron chi connectivity index (χ3n) is 4.22. The van der Waals surface area contributed by atoms with Gasteiger partial charge in [0.05, 0.1) is 12.8 Å². The largest absolute Gasteiger partial charge is 0.466 e. The Labute approximate surface area is 143 Å². The van der Waals surface area contributed by atoms with E-state index in [9.17, 15) is 9.90 Å². The smallest absolute Gasteiger partial charge is 0.219 e. The van der Waals surface area contributed by atoms with Crippen LogP contribution in [0.3, 0.4) is 0 Å². The van der Waals surface area contributed by atoms with E-state index in [2.05, 4.69) is 15.6 Å². The fourth-order valence-corrected chi connectivity index (χ4v) is 2.75. The molecule has 1 saturated heterocycles. The Kier molecular flexibility index (Phi) is 6.25. The van der Waals surface area contributed by atoms with Crippen LogP contribution in [0, 0.1) is 0 Å². The molecule has 1 amide bonds. The van der Waals surface area contributed by atoms with Gasteiger partial charge in [-0.15, -0.1) is 0 Å². The molecule has 134 valence electrons. The standard InChI is InChI=1S/C17H28N4O3/c1-4-18-16(19-12-17(3,23)15-6-5-11-24-15)20-14-7-9-21(10-8-14)13(2)22/h5-6,11,14,23H,4,7-10,12H2,1-3H3,(H2,18,19,20). The summed E-state index contributed by atoms with van der Waals surface area (Å²) in [4.78, 5) is 17.7. The molecule has 24 heavy (non-hydrogen) atoms. The van der Waals surface area contributed by atoms with E-state index < -0.39 is 5.60 Å². The number of aliphatic imine (C=N–C) groups is 1. The number of nitrogens with one attached hydrogen (secondary N) is 2. The van der Waals surface area contributed by atoms with Crippen LogP contribution in [0.5, 0.6) is 0 Å². The van der Waals surface area contributed by atoms with Crippen molar-refractivity contribution in [2.24, 2.45) is 4.99 Å². The maximum absolute atomic E-state index is 11.4. The van der Waals surface area contributed by atoms with E-state index in [0.717, 1.165) is 32.5 Å². The van der Waals surface area contributed by atoms with Gasteiger partial charge in [-0.05, 0) is 38.8 Å². The van der Waals surface area contributed by atoms with Gasteiger partial charge in [0.2, 0.25) is 5.91 Å². The highest BCUT2D eigenvalue weighted by Gasteiger charge is 2.26. The Morgan fingerprint density at radius 1 is 1.50 bits per heavy atom. The zero-order valence-electron chi connectivity index (χ0n) is 14.7. The molecule has 0 saturated carbocycles. The second kappa shape index (κ2) is 8.19. The predicted octanol–water partition coefficient (Wildman–Crippen LogP) is 1.05. The van der Waals surface area contributed by atoms with Crippen molar-refractivity contribution in [1.82, 2.24) is 15.5 Å². The molecule has 0 spiro atoms. The van der Waals surface area contributed by atoms with Crippen LogP contribution in [0.1, 0.15) is 39.4 Å². The van der Waals surface area contributed by atoms with Crippen LogP contribution in [0.4, 0.5) is 0 Å². The van der Waals surface area contributed by atoms with Gasteiger partial charge < -0.3 is 25.1 Å². The van der Waals surface area contributed by atoms with E-state index in [1.54, 1.807) is 32.2 Å². The summed E-state index contributed by atoms with van der Waals surface area (Å²) in [6, 6.07) is 3.76. The van der Waals surface area contributed by atoms with Gasteiger partial charge in [0.25, 0.3) is 0 Å². The lowest BCUT2D eigenvalue weighted by molar-refractivity contribution is -0.129. The number of amides is 1. The predicted molar refractivity (Wildman–Crippen MR) is 92.7 cm³/mol. The van der Waals surface area contributed by atoms with Gasteiger partial charge in [0, 0.05) is 32.6 Å². The molecule has 0 aromatic carbocycles. The molecule has 1 aromatic rings. The van der Waals surface area contributed by atoms with Crippen molar-refractivity contribution in [2.75, 3.05) is 26.2 Å². The SMILES string of the molecule is CCNC(=NCC(C)(O)c1ccco1)NC1CCN(C(C)=O)CC1. The monoisotopic (exact) mass is 336 g/mol. The number of nitrogens with zero attached hydrogens (tertiary/aromatic N) is 2. The summed E-state index contributed by atoms with van der Waals surface area (Å²) in [7, 11) is 0. The van der Waals surface area contributed by atoms with Crippen molar-refractivity contribution in [3.63, 3.8) is 0 Å². The first-order valence-electron chi connectivity index (χ1n) is 8.49. The van der Waals surface area contributed by atoms with E-state index in [1.807, 2.05) is 11.8 Å². The number of likely N-dealkylation sites (tertiary alicyclic amines) is 1. The molecular formula is C17H28N4O3. The number of carbonyl (C=O) groups is 1. The van der Waals surface area contributed by atoms with Gasteiger partial charge >= 0.3 is 0 Å². The lowest BCUT2D eigenvalue weighted by Crippen LogP contribution is -2.49. The number of carbonyl (C=O) groups excluding carboxylic acids is 1. The lowest BCUT2D eigenvalue weighted by atomic mass is 10.0. The zero-order valence-corrected chi connectivity index (χ0v) is 14.7. The van der Waals surface area contributed by atoms with Crippen LogP contribution in [0.2, 0.25) is 0 Å². The molecule has 7 nitrogen and oxygen atoms in total. The summed E-state index contributed by atoms with van der Waals surface area (Å²) >= 11 is 0. The Morgan fingerprint density at radius 3 is 2.75 bits per heavy atom. The van der Waals surface area contributed by atoms with Gasteiger partial charge in [-0.1, -0.05) is 0 Å². The van der Waals surface area contributed by atoms with Crippen molar-refractivity contribution >= 4 is 11.9 Å². The molecule has 1 aliphatic rings. The molecule has 0 aliphatic carbocycles. The zero-order chi connectivity index (χ0) is 17.6. The second-order valence-electron chi connectivity index (χ2n) is 6.37. The first-order chi connectivity index (χ1) is 11.4. The molecular weight excluding hydrogens is 308 g/mol. The lowest BCUT2D eigenvalue weighted by Gasteiger charge is -2.32. The molecule has 0 radical (unpaired) electrons. The number of aliphatic hydroxyl groups is 1. The molecule has 0 bridgehead atoms. The maximum Gasteiger partial charge on any atom is 0.219 e. The van der Waals surface area contributed by atoms with Crippen molar-refractivity contribution in [3.8, 4) is 0 Å². The topological polar surface area (TPSA) is 90.1 Å². The number of guanidine groups is 1. The van der Waals surface area contributed by atoms with Crippen LogP contribution in [-0.2, 0) is 10.4 Å². The third kappa shape index (κ3) is 4.99. The highest BCUT2D eigenvalue weighted by atomic mass is 16.4. The molecule has 3 N–H and O–H groups in total. The van der Waals surface area contributed by atoms with Crippen molar-refractivity contribution in [1.29, 1.82) is 0 Å². The van der Waals surface area contributed by atoms with Crippen LogP contribution in [0.25, 0.3) is 0 Å². The van der Waals surface area contributed by atoms with Crippen molar-refractivity contribution < 1.29 is 14.3 Å². The highest BCUT2D eigenvalue weighted by Crippen LogP contribution is 2.21. The first-order valence-corrected chi connectivity index (χ1v) is 8.49. The van der Waals surface area contributed by atoms with Crippen molar-refractivity contribution in [2.45, 2.75) is 45.3 Å². The second-order valence-corrected chi connectivity index (χ2v) is 6.37. The summed E-state index contributed by atoms with van der Waals surface area (Å²) in [6.45, 7) is 7.75. The minimum absolute atomic E-state index is 0.128. The first kappa shape index (κ1) is 18.3. The summed E-state index contributed by atoms with van der Waals surface area (Å²) in [5.41, 5.74) is -1.15. The quantitative estimate of drug-likeness (QED) is 0.552. The minimum Gasteiger partial charge on any atom is -0.466 e. The summed E-state index contributed by atoms with van der Waals surface area (Å²) in [5.74, 6) is 1.30. The fourth-order valence-electron chi connectivity index (χ4n) is 2.75. The average Bonchev–Trinajstić information content (AvgIpc) is 3.09. The molecule has 1 atom stereocenters. The van der Waals surface area contributed by atoms with Gasteiger partial charge in [-0.25, -0.2) is 4.99 Å². The van der Waals surface area contributed by atoms with E-state index in [4.69, 9.17) is 4.42 Å². The molecule has 2 rings (SSSR count). The van der Waals surface area contributed by atoms with Gasteiger partial charge in [-0.2, -0.15) is 0 Å². The average molecular weight is 336 g/mol. The van der Waals surface area contributed by atoms with Gasteiger partial charge in [0.15, 0.2) is 5.96 Å². The van der Waals surface area contributed by atoms with E-state index in [-0.39, 0.29) is 18.5 Å². The van der Waals surface area contributed by atoms with E-state index in [0.29, 0.717) is 11.7 Å². The fraction of sp³-hybridized carbons (Fsp3) is 0.647. The number of hydrogen-bond acceptors (Lipinski definition) is 4. The summed E-state index contributed by atoms with van der Waals surface area (Å²) in [6.07, 6.45) is 3.32. The van der Waals surface area contributed by atoms with Crippen LogP contribution in [-0.4, -0.2) is 54.1 Å².